The first-order valence-electron chi connectivity index (χ1n) is 7.45. The fourth-order valence-electron chi connectivity index (χ4n) is 2.80. The van der Waals surface area contributed by atoms with Crippen LogP contribution in [-0.4, -0.2) is 30.0 Å². The first kappa shape index (κ1) is 15.9. The minimum Gasteiger partial charge on any atom is -0.469 e. The summed E-state index contributed by atoms with van der Waals surface area (Å²) in [4.78, 5) is 28.1. The van der Waals surface area contributed by atoms with Crippen molar-refractivity contribution < 1.29 is 14.3 Å². The molecular weight excluding hydrogens is 288 g/mol. The van der Waals surface area contributed by atoms with Crippen molar-refractivity contribution in [3.8, 4) is 0 Å². The Labute approximate surface area is 129 Å². The molecule has 0 aliphatic heterocycles. The highest BCUT2D eigenvalue weighted by molar-refractivity contribution is 7.07. The number of hydrogen-bond acceptors (Lipinski definition) is 5. The van der Waals surface area contributed by atoms with Crippen molar-refractivity contribution in [3.63, 3.8) is 0 Å². The normalized spacial score (nSPS) is 22.3. The first-order valence-corrected chi connectivity index (χ1v) is 8.39. The molecule has 1 N–H and O–H groups in total. The Kier molecular flexibility index (Phi) is 6.17. The number of carbonyl (C=O) groups excluding carboxylic acids is 2. The minimum atomic E-state index is -0.208. The van der Waals surface area contributed by atoms with Crippen molar-refractivity contribution in [2.45, 2.75) is 51.0 Å². The van der Waals surface area contributed by atoms with Crippen molar-refractivity contribution in [1.82, 2.24) is 10.3 Å². The quantitative estimate of drug-likeness (QED) is 0.669. The molecule has 1 amide bonds. The molecule has 1 fully saturated rings. The number of methoxy groups -OCH3 is 1. The van der Waals surface area contributed by atoms with Crippen LogP contribution in [0.1, 0.15) is 44.2 Å². The van der Waals surface area contributed by atoms with Gasteiger partial charge in [0.15, 0.2) is 0 Å². The van der Waals surface area contributed by atoms with E-state index >= 15 is 0 Å². The third-order valence-electron chi connectivity index (χ3n) is 3.96. The van der Waals surface area contributed by atoms with Gasteiger partial charge in [-0.05, 0) is 19.3 Å². The summed E-state index contributed by atoms with van der Waals surface area (Å²) < 4.78 is 4.88. The van der Waals surface area contributed by atoms with Crippen LogP contribution in [0.25, 0.3) is 0 Å². The summed E-state index contributed by atoms with van der Waals surface area (Å²) in [6, 6.07) is -0.0946. The Morgan fingerprint density at radius 2 is 2.19 bits per heavy atom. The Morgan fingerprint density at radius 1 is 1.38 bits per heavy atom. The van der Waals surface area contributed by atoms with Gasteiger partial charge < -0.3 is 10.1 Å². The molecule has 2 atom stereocenters. The van der Waals surface area contributed by atoms with Gasteiger partial charge in [-0.3, -0.25) is 9.59 Å². The summed E-state index contributed by atoms with van der Waals surface area (Å²) in [6.45, 7) is 0. The summed E-state index contributed by atoms with van der Waals surface area (Å²) in [5, 5.41) is 4.98. The zero-order valence-electron chi connectivity index (χ0n) is 12.3. The van der Waals surface area contributed by atoms with E-state index in [1.807, 2.05) is 5.38 Å². The molecule has 5 nitrogen and oxygen atoms in total. The van der Waals surface area contributed by atoms with Gasteiger partial charge in [0.05, 0.1) is 24.2 Å². The van der Waals surface area contributed by atoms with E-state index in [0.717, 1.165) is 37.8 Å². The Balaban J connectivity index is 1.87. The summed E-state index contributed by atoms with van der Waals surface area (Å²) in [7, 11) is 1.41. The van der Waals surface area contributed by atoms with Gasteiger partial charge in [0.25, 0.3) is 0 Å². The number of carbonyl (C=O) groups is 2. The number of thiazole rings is 1. The highest BCUT2D eigenvalue weighted by Crippen LogP contribution is 2.24. The molecule has 21 heavy (non-hydrogen) atoms. The van der Waals surface area contributed by atoms with Crippen LogP contribution in [0.4, 0.5) is 0 Å². The molecule has 1 aromatic heterocycles. The Bertz CT molecular complexity index is 461. The fraction of sp³-hybridized carbons (Fsp3) is 0.667. The van der Waals surface area contributed by atoms with E-state index in [4.69, 9.17) is 4.74 Å². The monoisotopic (exact) mass is 310 g/mol. The molecule has 1 aromatic rings. The molecule has 116 valence electrons. The number of nitrogens with one attached hydrogen (secondary N) is 1. The van der Waals surface area contributed by atoms with E-state index in [-0.39, 0.29) is 23.8 Å². The third-order valence-corrected chi connectivity index (χ3v) is 4.59. The second-order valence-corrected chi connectivity index (χ2v) is 6.14. The highest BCUT2D eigenvalue weighted by atomic mass is 32.1. The number of aryl methyl sites for hydroxylation is 1. The molecule has 1 heterocycles. The number of rotatable bonds is 5. The molecule has 0 aromatic carbocycles. The summed E-state index contributed by atoms with van der Waals surface area (Å²) >= 11 is 1.53. The molecule has 0 unspecified atom stereocenters. The maximum absolute atomic E-state index is 12.1. The van der Waals surface area contributed by atoms with Gasteiger partial charge in [0.1, 0.15) is 0 Å². The van der Waals surface area contributed by atoms with Gasteiger partial charge in [-0.25, -0.2) is 4.98 Å². The van der Waals surface area contributed by atoms with Gasteiger partial charge >= 0.3 is 5.97 Å². The number of esters is 1. The summed E-state index contributed by atoms with van der Waals surface area (Å²) in [5.74, 6) is -0.425. The van der Waals surface area contributed by atoms with Gasteiger partial charge in [-0.15, -0.1) is 11.3 Å². The van der Waals surface area contributed by atoms with Crippen molar-refractivity contribution in [1.29, 1.82) is 0 Å². The lowest BCUT2D eigenvalue weighted by Gasteiger charge is -2.24. The Morgan fingerprint density at radius 3 is 2.90 bits per heavy atom. The molecule has 1 saturated carbocycles. The van der Waals surface area contributed by atoms with E-state index < -0.39 is 0 Å². The van der Waals surface area contributed by atoms with Crippen LogP contribution in [-0.2, 0) is 20.7 Å². The van der Waals surface area contributed by atoms with Gasteiger partial charge in [-0.2, -0.15) is 0 Å². The van der Waals surface area contributed by atoms with Crippen LogP contribution in [0.2, 0.25) is 0 Å². The van der Waals surface area contributed by atoms with E-state index in [1.165, 1.54) is 18.4 Å². The first-order chi connectivity index (χ1) is 10.2. The minimum absolute atomic E-state index is 0.0104. The fourth-order valence-corrected chi connectivity index (χ4v) is 3.39. The van der Waals surface area contributed by atoms with Crippen molar-refractivity contribution in [2.24, 2.45) is 5.92 Å². The van der Waals surface area contributed by atoms with E-state index in [0.29, 0.717) is 12.8 Å². The van der Waals surface area contributed by atoms with Crippen molar-refractivity contribution >= 4 is 23.2 Å². The van der Waals surface area contributed by atoms with Crippen LogP contribution in [0.5, 0.6) is 0 Å². The second-order valence-electron chi connectivity index (χ2n) is 5.42. The molecule has 0 radical (unpaired) electrons. The zero-order chi connectivity index (χ0) is 15.1. The maximum Gasteiger partial charge on any atom is 0.310 e. The van der Waals surface area contributed by atoms with Crippen molar-refractivity contribution in [3.05, 3.63) is 16.6 Å². The lowest BCUT2D eigenvalue weighted by Crippen LogP contribution is -2.43. The topological polar surface area (TPSA) is 68.3 Å². The van der Waals surface area contributed by atoms with Crippen LogP contribution < -0.4 is 5.32 Å². The predicted molar refractivity (Wildman–Crippen MR) is 81.0 cm³/mol. The average molecular weight is 310 g/mol. The molecule has 0 spiro atoms. The summed E-state index contributed by atoms with van der Waals surface area (Å²) in [6.07, 6.45) is 5.87. The van der Waals surface area contributed by atoms with Crippen LogP contribution in [0.3, 0.4) is 0 Å². The third kappa shape index (κ3) is 4.81. The number of hydrogen-bond donors (Lipinski definition) is 1. The number of ether oxygens (including phenoxy) is 1. The van der Waals surface area contributed by atoms with Gasteiger partial charge in [-0.1, -0.05) is 19.3 Å². The average Bonchev–Trinajstić information content (AvgIpc) is 2.91. The molecule has 6 heteroatoms. The van der Waals surface area contributed by atoms with E-state index in [9.17, 15) is 9.59 Å². The lowest BCUT2D eigenvalue weighted by atomic mass is 9.94. The Hall–Kier alpha value is -1.43. The predicted octanol–water partition coefficient (Wildman–Crippen LogP) is 2.31. The molecule has 1 aliphatic carbocycles. The lowest BCUT2D eigenvalue weighted by molar-refractivity contribution is -0.147. The van der Waals surface area contributed by atoms with Crippen molar-refractivity contribution in [2.75, 3.05) is 7.11 Å². The smallest absolute Gasteiger partial charge is 0.310 e. The standard InChI is InChI=1S/C15H22N2O3S/c1-20-15(19)12-5-3-2-4-6-13(12)17-14(18)8-7-11-9-21-10-16-11/h9-10,12-13H,2-8H2,1H3,(H,17,18)/t12-,13-/m0/s1. The van der Waals surface area contributed by atoms with E-state index in [2.05, 4.69) is 10.3 Å². The molecule has 1 aliphatic rings. The zero-order valence-corrected chi connectivity index (χ0v) is 13.2. The van der Waals surface area contributed by atoms with Gasteiger partial charge in [0.2, 0.25) is 5.91 Å². The second kappa shape index (κ2) is 8.12. The van der Waals surface area contributed by atoms with Crippen LogP contribution in [0, 0.1) is 5.92 Å². The number of amides is 1. The molecule has 0 saturated heterocycles. The molecular formula is C15H22N2O3S. The SMILES string of the molecule is COC(=O)[C@H]1CCCCC[C@@H]1NC(=O)CCc1cscn1. The van der Waals surface area contributed by atoms with E-state index in [1.54, 1.807) is 5.51 Å². The summed E-state index contributed by atoms with van der Waals surface area (Å²) in [5.41, 5.74) is 2.71. The molecule has 0 bridgehead atoms. The van der Waals surface area contributed by atoms with Gasteiger partial charge in [0, 0.05) is 17.8 Å². The largest absolute Gasteiger partial charge is 0.469 e. The van der Waals surface area contributed by atoms with Crippen LogP contribution >= 0.6 is 11.3 Å². The maximum atomic E-state index is 12.1. The number of aromatic nitrogens is 1. The van der Waals surface area contributed by atoms with Crippen LogP contribution in [0.15, 0.2) is 10.9 Å². The number of nitrogens with zero attached hydrogens (tertiary/aromatic N) is 1. The highest BCUT2D eigenvalue weighted by Gasteiger charge is 2.31. The molecule has 2 rings (SSSR count).